The summed E-state index contributed by atoms with van der Waals surface area (Å²) in [5, 5.41) is 21.0. The highest BCUT2D eigenvalue weighted by atomic mass is 79.9. The molecule has 0 saturated carbocycles. The van der Waals surface area contributed by atoms with Gasteiger partial charge in [0.25, 0.3) is 0 Å². The normalized spacial score (nSPS) is 15.4. The summed E-state index contributed by atoms with van der Waals surface area (Å²) >= 11 is 3.25. The molecule has 0 aromatic heterocycles. The molecule has 0 saturated heterocycles. The number of hydrogen-bond donors (Lipinski definition) is 2. The van der Waals surface area contributed by atoms with Crippen molar-refractivity contribution in [3.8, 4) is 11.8 Å². The summed E-state index contributed by atoms with van der Waals surface area (Å²) in [6.07, 6.45) is 0. The Morgan fingerprint density at radius 1 is 1.03 bits per heavy atom. The van der Waals surface area contributed by atoms with Gasteiger partial charge in [-0.05, 0) is 17.7 Å². The molecule has 180 valence electrons. The van der Waals surface area contributed by atoms with E-state index in [2.05, 4.69) is 15.9 Å². The van der Waals surface area contributed by atoms with Crippen LogP contribution < -0.4 is 10.6 Å². The van der Waals surface area contributed by atoms with Crippen LogP contribution in [0.2, 0.25) is 0 Å². The van der Waals surface area contributed by atoms with Gasteiger partial charge in [0.15, 0.2) is 5.75 Å². The lowest BCUT2D eigenvalue weighted by Crippen LogP contribution is -2.41. The molecular weight excluding hydrogens is 522 g/mol. The van der Waals surface area contributed by atoms with Gasteiger partial charge < -0.3 is 25.1 Å². The predicted molar refractivity (Wildman–Crippen MR) is 127 cm³/mol. The van der Waals surface area contributed by atoms with Crippen molar-refractivity contribution in [3.05, 3.63) is 80.7 Å². The monoisotopic (exact) mass is 541 g/mol. The van der Waals surface area contributed by atoms with Crippen LogP contribution in [-0.4, -0.2) is 44.3 Å². The molecule has 1 aliphatic rings. The zero-order chi connectivity index (χ0) is 25.9. The van der Waals surface area contributed by atoms with E-state index in [9.17, 15) is 24.8 Å². The number of carbonyl (C=O) groups is 3. The molecule has 0 fully saturated rings. The summed E-state index contributed by atoms with van der Waals surface area (Å²) in [5.74, 6) is -4.74. The summed E-state index contributed by atoms with van der Waals surface area (Å²) in [5.41, 5.74) is 5.73. The van der Waals surface area contributed by atoms with Crippen LogP contribution in [0.1, 0.15) is 21.8 Å². The lowest BCUT2D eigenvalue weighted by atomic mass is 9.81. The maximum Gasteiger partial charge on any atom is 0.355 e. The minimum Gasteiger partial charge on any atom is -0.505 e. The summed E-state index contributed by atoms with van der Waals surface area (Å²) in [4.78, 5) is 39.4. The van der Waals surface area contributed by atoms with Gasteiger partial charge in [-0.1, -0.05) is 46.3 Å². The number of phenols is 1. The zero-order valence-corrected chi connectivity index (χ0v) is 20.5. The van der Waals surface area contributed by atoms with E-state index in [1.165, 1.54) is 12.1 Å². The minimum absolute atomic E-state index is 0.0942. The van der Waals surface area contributed by atoms with Crippen LogP contribution in [0.15, 0.2) is 69.6 Å². The van der Waals surface area contributed by atoms with Crippen LogP contribution in [0.4, 0.5) is 5.69 Å². The van der Waals surface area contributed by atoms with E-state index in [1.807, 2.05) is 6.07 Å². The predicted octanol–water partition coefficient (Wildman–Crippen LogP) is 2.84. The Hall–Kier alpha value is -4.30. The zero-order valence-electron chi connectivity index (χ0n) is 18.9. The van der Waals surface area contributed by atoms with Gasteiger partial charge in [-0.15, -0.1) is 0 Å². The molecule has 0 radical (unpaired) electrons. The van der Waals surface area contributed by atoms with Gasteiger partial charge in [-0.25, -0.2) is 14.4 Å². The van der Waals surface area contributed by atoms with E-state index in [0.29, 0.717) is 10.0 Å². The fraction of sp³-hybridized carbons (Fsp3) is 0.167. The van der Waals surface area contributed by atoms with Crippen molar-refractivity contribution >= 4 is 39.5 Å². The minimum atomic E-state index is -1.08. The van der Waals surface area contributed by atoms with Crippen LogP contribution in [0.25, 0.3) is 0 Å². The number of nitrogens with two attached hydrogens (primary N) is 1. The number of aromatic hydroxyl groups is 1. The number of halogens is 1. The lowest BCUT2D eigenvalue weighted by Gasteiger charge is -2.36. The molecule has 1 unspecified atom stereocenters. The number of methoxy groups -OCH3 is 3. The third kappa shape index (κ3) is 4.43. The Balaban J connectivity index is 2.48. The molecular formula is C24H20BrN3O7. The molecule has 3 N–H and O–H groups in total. The smallest absolute Gasteiger partial charge is 0.355 e. The molecule has 2 aromatic rings. The SMILES string of the molecule is COC(=O)C1=C(C(=O)OC)N(c2cc(Br)cc(C(=O)OC)c2O)C(N)=C(C#N)C1c1ccccc1. The van der Waals surface area contributed by atoms with Crippen LogP contribution in [-0.2, 0) is 23.8 Å². The molecule has 3 rings (SSSR count). The number of nitriles is 1. The number of allylic oxidation sites excluding steroid dienone is 1. The van der Waals surface area contributed by atoms with Crippen LogP contribution in [0.5, 0.6) is 5.75 Å². The van der Waals surface area contributed by atoms with Gasteiger partial charge in [0.1, 0.15) is 17.1 Å². The molecule has 10 nitrogen and oxygen atoms in total. The summed E-state index contributed by atoms with van der Waals surface area (Å²) in [6.45, 7) is 0. The second-order valence-corrected chi connectivity index (χ2v) is 8.06. The number of nitrogens with zero attached hydrogens (tertiary/aromatic N) is 2. The van der Waals surface area contributed by atoms with Gasteiger partial charge in [-0.2, -0.15) is 5.26 Å². The highest BCUT2D eigenvalue weighted by molar-refractivity contribution is 9.10. The Morgan fingerprint density at radius 2 is 1.63 bits per heavy atom. The molecule has 35 heavy (non-hydrogen) atoms. The van der Waals surface area contributed by atoms with E-state index < -0.39 is 35.3 Å². The number of esters is 3. The first-order valence-corrected chi connectivity index (χ1v) is 10.8. The van der Waals surface area contributed by atoms with Crippen molar-refractivity contribution in [1.82, 2.24) is 0 Å². The fourth-order valence-electron chi connectivity index (χ4n) is 3.78. The number of hydrogen-bond acceptors (Lipinski definition) is 10. The molecule has 0 bridgehead atoms. The van der Waals surface area contributed by atoms with Crippen molar-refractivity contribution in [2.75, 3.05) is 26.2 Å². The molecule has 1 atom stereocenters. The third-order valence-corrected chi connectivity index (χ3v) is 5.77. The maximum absolute atomic E-state index is 13.1. The quantitative estimate of drug-likeness (QED) is 0.426. The first kappa shape index (κ1) is 25.3. The van der Waals surface area contributed by atoms with Crippen LogP contribution >= 0.6 is 15.9 Å². The topological polar surface area (TPSA) is 152 Å². The van der Waals surface area contributed by atoms with Crippen LogP contribution in [0, 0.1) is 11.3 Å². The van der Waals surface area contributed by atoms with Gasteiger partial charge in [-0.3, -0.25) is 4.90 Å². The highest BCUT2D eigenvalue weighted by Crippen LogP contribution is 2.46. The van der Waals surface area contributed by atoms with E-state index in [1.54, 1.807) is 30.3 Å². The Morgan fingerprint density at radius 3 is 2.17 bits per heavy atom. The number of ether oxygens (including phenoxy) is 3. The standard InChI is InChI=1S/C24H20BrN3O7/c1-33-22(30)14-9-13(25)10-16(20(14)29)28-19(24(32)35-3)18(23(31)34-2)17(15(11-26)21(28)27)12-7-5-4-6-8-12/h4-10,17,29H,27H2,1-3H3. The fourth-order valence-corrected chi connectivity index (χ4v) is 4.23. The van der Waals surface area contributed by atoms with Gasteiger partial charge in [0.2, 0.25) is 0 Å². The number of rotatable bonds is 5. The first-order valence-electron chi connectivity index (χ1n) is 9.98. The number of benzene rings is 2. The molecule has 11 heteroatoms. The van der Waals surface area contributed by atoms with E-state index in [-0.39, 0.29) is 28.2 Å². The number of carbonyl (C=O) groups excluding carboxylic acids is 3. The average molecular weight is 542 g/mol. The third-order valence-electron chi connectivity index (χ3n) is 5.31. The van der Waals surface area contributed by atoms with Crippen LogP contribution in [0.3, 0.4) is 0 Å². The van der Waals surface area contributed by atoms with Gasteiger partial charge in [0, 0.05) is 4.47 Å². The van der Waals surface area contributed by atoms with Gasteiger partial charge >= 0.3 is 17.9 Å². The summed E-state index contributed by atoms with van der Waals surface area (Å²) in [6, 6.07) is 13.1. The van der Waals surface area contributed by atoms with Crippen molar-refractivity contribution in [1.29, 1.82) is 5.26 Å². The van der Waals surface area contributed by atoms with Crippen molar-refractivity contribution in [3.63, 3.8) is 0 Å². The molecule has 0 aliphatic carbocycles. The highest BCUT2D eigenvalue weighted by Gasteiger charge is 2.44. The van der Waals surface area contributed by atoms with Crippen molar-refractivity contribution in [2.24, 2.45) is 5.73 Å². The van der Waals surface area contributed by atoms with E-state index in [0.717, 1.165) is 26.2 Å². The number of phenolic OH excluding ortho intramolecular Hbond substituents is 1. The summed E-state index contributed by atoms with van der Waals surface area (Å²) < 4.78 is 14.9. The van der Waals surface area contributed by atoms with Crippen molar-refractivity contribution < 1.29 is 33.7 Å². The number of anilines is 1. The Labute approximate surface area is 208 Å². The van der Waals surface area contributed by atoms with E-state index in [4.69, 9.17) is 19.9 Å². The van der Waals surface area contributed by atoms with Crippen molar-refractivity contribution in [2.45, 2.75) is 5.92 Å². The largest absolute Gasteiger partial charge is 0.505 e. The molecule has 1 aliphatic heterocycles. The molecule has 0 amide bonds. The first-order chi connectivity index (χ1) is 16.7. The molecule has 2 aromatic carbocycles. The Bertz CT molecular complexity index is 1310. The molecule has 0 spiro atoms. The average Bonchev–Trinajstić information content (AvgIpc) is 2.88. The van der Waals surface area contributed by atoms with Gasteiger partial charge in [0.05, 0.1) is 50.2 Å². The second kappa shape index (κ2) is 10.3. The second-order valence-electron chi connectivity index (χ2n) is 7.15. The Kier molecular flexibility index (Phi) is 7.46. The lowest BCUT2D eigenvalue weighted by molar-refractivity contribution is -0.139. The maximum atomic E-state index is 13.1. The van der Waals surface area contributed by atoms with E-state index >= 15 is 0 Å². The summed E-state index contributed by atoms with van der Waals surface area (Å²) in [7, 11) is 3.35. The molecule has 1 heterocycles.